The second-order valence-corrected chi connectivity index (χ2v) is 2.78. The van der Waals surface area contributed by atoms with Crippen molar-refractivity contribution in [1.29, 1.82) is 0 Å². The van der Waals surface area contributed by atoms with Gasteiger partial charge in [-0.3, -0.25) is 0 Å². The first kappa shape index (κ1) is 9.29. The van der Waals surface area contributed by atoms with Gasteiger partial charge in [0.25, 0.3) is 0 Å². The van der Waals surface area contributed by atoms with Gasteiger partial charge in [-0.15, -0.1) is 0 Å². The van der Waals surface area contributed by atoms with Crippen LogP contribution < -0.4 is 0 Å². The molecule has 0 aliphatic carbocycles. The fraction of sp³-hybridized carbons (Fsp3) is 0. The van der Waals surface area contributed by atoms with Gasteiger partial charge in [-0.05, 0) is 18.2 Å². The maximum Gasteiger partial charge on any atom is 0.176 e. The molecule has 0 aromatic heterocycles. The topological polar surface area (TPSA) is 32.6 Å². The molecule has 0 saturated carbocycles. The molecule has 5 heteroatoms. The molecule has 0 amide bonds. The summed E-state index contributed by atoms with van der Waals surface area (Å²) in [6.07, 6.45) is 0. The fourth-order valence-electron chi connectivity index (χ4n) is 0.711. The summed E-state index contributed by atoms with van der Waals surface area (Å²) in [7, 11) is 0. The number of hydrogen-bond acceptors (Lipinski definition) is 2. The largest absolute Gasteiger partial charge is 0.410 e. The molecule has 0 aliphatic heterocycles. The molecular weight excluding hydrogens is 204 g/mol. The predicted molar refractivity (Wildman–Crippen MR) is 45.6 cm³/mol. The average Bonchev–Trinajstić information content (AvgIpc) is 2.03. The molecule has 2 nitrogen and oxygen atoms in total. The van der Waals surface area contributed by atoms with Gasteiger partial charge in [-0.1, -0.05) is 28.4 Å². The zero-order valence-corrected chi connectivity index (χ0v) is 7.27. The second kappa shape index (κ2) is 3.74. The van der Waals surface area contributed by atoms with Crippen LogP contribution in [0, 0.1) is 5.82 Å². The van der Waals surface area contributed by atoms with Crippen molar-refractivity contribution < 1.29 is 9.60 Å². The molecular formula is C7H4Cl2FNO. The van der Waals surface area contributed by atoms with Gasteiger partial charge in [-0.25, -0.2) is 4.39 Å². The number of rotatable bonds is 1. The molecule has 0 saturated heterocycles. The van der Waals surface area contributed by atoms with Gasteiger partial charge in [0.05, 0.1) is 5.02 Å². The first-order chi connectivity index (χ1) is 5.65. The number of benzene rings is 1. The number of hydrogen-bond donors (Lipinski definition) is 1. The Hall–Kier alpha value is -0.800. The molecule has 0 radical (unpaired) electrons. The Morgan fingerprint density at radius 1 is 1.50 bits per heavy atom. The van der Waals surface area contributed by atoms with Gasteiger partial charge >= 0.3 is 0 Å². The van der Waals surface area contributed by atoms with E-state index in [2.05, 4.69) is 5.16 Å². The minimum Gasteiger partial charge on any atom is -0.410 e. The van der Waals surface area contributed by atoms with Gasteiger partial charge in [0, 0.05) is 5.56 Å². The van der Waals surface area contributed by atoms with Crippen molar-refractivity contribution in [2.45, 2.75) is 0 Å². The summed E-state index contributed by atoms with van der Waals surface area (Å²) in [6, 6.07) is 3.60. The fourth-order valence-corrected chi connectivity index (χ4v) is 1.18. The van der Waals surface area contributed by atoms with Crippen molar-refractivity contribution in [3.63, 3.8) is 0 Å². The molecule has 1 N–H and O–H groups in total. The molecule has 0 bridgehead atoms. The third-order valence-electron chi connectivity index (χ3n) is 1.24. The van der Waals surface area contributed by atoms with Gasteiger partial charge in [0.2, 0.25) is 0 Å². The summed E-state index contributed by atoms with van der Waals surface area (Å²) >= 11 is 11.0. The van der Waals surface area contributed by atoms with Crippen LogP contribution in [0.4, 0.5) is 4.39 Å². The lowest BCUT2D eigenvalue weighted by Gasteiger charge is -1.98. The van der Waals surface area contributed by atoms with Crippen LogP contribution in [-0.2, 0) is 0 Å². The summed E-state index contributed by atoms with van der Waals surface area (Å²) in [5, 5.41) is 11.0. The minimum absolute atomic E-state index is 0.109. The lowest BCUT2D eigenvalue weighted by molar-refractivity contribution is 0.321. The van der Waals surface area contributed by atoms with Crippen molar-refractivity contribution in [3.05, 3.63) is 34.6 Å². The van der Waals surface area contributed by atoms with E-state index in [-0.39, 0.29) is 10.2 Å². The molecule has 0 aliphatic rings. The number of oxime groups is 1. The third-order valence-corrected chi connectivity index (χ3v) is 1.83. The Morgan fingerprint density at radius 2 is 2.17 bits per heavy atom. The monoisotopic (exact) mass is 207 g/mol. The van der Waals surface area contributed by atoms with Crippen LogP contribution in [0.2, 0.25) is 5.02 Å². The zero-order chi connectivity index (χ0) is 9.14. The van der Waals surface area contributed by atoms with E-state index in [9.17, 15) is 4.39 Å². The molecule has 0 fully saturated rings. The van der Waals surface area contributed by atoms with Gasteiger partial charge in [-0.2, -0.15) is 0 Å². The van der Waals surface area contributed by atoms with Crippen LogP contribution in [-0.4, -0.2) is 10.4 Å². The SMILES string of the molecule is O/N=C(/Cl)c1ccc(F)cc1Cl. The first-order valence-electron chi connectivity index (χ1n) is 2.98. The van der Waals surface area contributed by atoms with E-state index in [0.29, 0.717) is 5.56 Å². The number of nitrogens with zero attached hydrogens (tertiary/aromatic N) is 1. The van der Waals surface area contributed by atoms with E-state index in [1.54, 1.807) is 0 Å². The van der Waals surface area contributed by atoms with Crippen LogP contribution in [0.25, 0.3) is 0 Å². The van der Waals surface area contributed by atoms with Crippen molar-refractivity contribution in [2.75, 3.05) is 0 Å². The Bertz CT molecular complexity index is 327. The summed E-state index contributed by atoms with van der Waals surface area (Å²) in [5.74, 6) is -0.467. The normalized spacial score (nSPS) is 11.8. The quantitative estimate of drug-likeness (QED) is 0.429. The van der Waals surface area contributed by atoms with E-state index in [4.69, 9.17) is 28.4 Å². The Balaban J connectivity index is 3.18. The van der Waals surface area contributed by atoms with Crippen LogP contribution in [0.3, 0.4) is 0 Å². The molecule has 0 heterocycles. The Labute approximate surface area is 78.2 Å². The molecule has 64 valence electrons. The van der Waals surface area contributed by atoms with Crippen molar-refractivity contribution in [2.24, 2.45) is 5.16 Å². The van der Waals surface area contributed by atoms with E-state index in [1.807, 2.05) is 0 Å². The smallest absolute Gasteiger partial charge is 0.176 e. The van der Waals surface area contributed by atoms with Crippen LogP contribution in [0.1, 0.15) is 5.56 Å². The third kappa shape index (κ3) is 1.87. The van der Waals surface area contributed by atoms with Crippen LogP contribution in [0.15, 0.2) is 23.4 Å². The van der Waals surface area contributed by atoms with Crippen molar-refractivity contribution >= 4 is 28.4 Å². The number of halogens is 3. The van der Waals surface area contributed by atoms with Gasteiger partial charge in [0.1, 0.15) is 5.82 Å². The summed E-state index contributed by atoms with van der Waals surface area (Å²) in [4.78, 5) is 0. The average molecular weight is 208 g/mol. The standard InChI is InChI=1S/C7H4Cl2FNO/c8-6-3-4(10)1-2-5(6)7(9)11-12/h1-3,12H/b11-7+. The molecule has 1 rings (SSSR count). The lowest BCUT2D eigenvalue weighted by Crippen LogP contribution is -1.92. The Kier molecular flexibility index (Phi) is 2.89. The maximum absolute atomic E-state index is 12.5. The minimum atomic E-state index is -0.467. The predicted octanol–water partition coefficient (Wildman–Crippen LogP) is 2.85. The van der Waals surface area contributed by atoms with Crippen LogP contribution >= 0.6 is 23.2 Å². The molecule has 0 spiro atoms. The maximum atomic E-state index is 12.5. The lowest BCUT2D eigenvalue weighted by atomic mass is 10.2. The van der Waals surface area contributed by atoms with E-state index in [1.165, 1.54) is 12.1 Å². The van der Waals surface area contributed by atoms with E-state index >= 15 is 0 Å². The summed E-state index contributed by atoms with van der Waals surface area (Å²) < 4.78 is 12.5. The molecule has 1 aromatic rings. The first-order valence-corrected chi connectivity index (χ1v) is 3.73. The Morgan fingerprint density at radius 3 is 2.67 bits per heavy atom. The summed E-state index contributed by atoms with van der Waals surface area (Å²) in [6.45, 7) is 0. The molecule has 12 heavy (non-hydrogen) atoms. The highest BCUT2D eigenvalue weighted by Crippen LogP contribution is 2.19. The highest BCUT2D eigenvalue weighted by molar-refractivity contribution is 6.70. The molecule has 1 aromatic carbocycles. The van der Waals surface area contributed by atoms with Gasteiger partial charge in [0.15, 0.2) is 5.17 Å². The van der Waals surface area contributed by atoms with Gasteiger partial charge < -0.3 is 5.21 Å². The summed E-state index contributed by atoms with van der Waals surface area (Å²) in [5.41, 5.74) is 0.294. The van der Waals surface area contributed by atoms with E-state index < -0.39 is 5.82 Å². The van der Waals surface area contributed by atoms with Crippen molar-refractivity contribution in [1.82, 2.24) is 0 Å². The highest BCUT2D eigenvalue weighted by atomic mass is 35.5. The highest BCUT2D eigenvalue weighted by Gasteiger charge is 2.06. The molecule has 0 unspecified atom stereocenters. The second-order valence-electron chi connectivity index (χ2n) is 2.01. The van der Waals surface area contributed by atoms with Crippen LogP contribution in [0.5, 0.6) is 0 Å². The van der Waals surface area contributed by atoms with Crippen molar-refractivity contribution in [3.8, 4) is 0 Å². The zero-order valence-electron chi connectivity index (χ0n) is 5.76. The molecule has 0 atom stereocenters. The van der Waals surface area contributed by atoms with E-state index in [0.717, 1.165) is 6.07 Å².